The molecule has 1 N–H and O–H groups in total. The van der Waals surface area contributed by atoms with Crippen molar-refractivity contribution in [3.8, 4) is 5.75 Å². The first-order chi connectivity index (χ1) is 8.13. The van der Waals surface area contributed by atoms with Crippen molar-refractivity contribution in [3.05, 3.63) is 52.2 Å². The molecule has 0 saturated carbocycles. The molecule has 2 rings (SSSR count). The summed E-state index contributed by atoms with van der Waals surface area (Å²) >= 11 is 0. The fourth-order valence-corrected chi connectivity index (χ4v) is 1.54. The lowest BCUT2D eigenvalue weighted by atomic mass is 10.1. The average molecular weight is 232 g/mol. The Morgan fingerprint density at radius 3 is 2.41 bits per heavy atom. The number of ether oxygens (including phenoxy) is 1. The Labute approximate surface area is 97.7 Å². The van der Waals surface area contributed by atoms with Gasteiger partial charge in [0, 0.05) is 18.8 Å². The normalized spacial score (nSPS) is 10.2. The minimum absolute atomic E-state index is 0.200. The molecule has 88 valence electrons. The van der Waals surface area contributed by atoms with Gasteiger partial charge in [0.1, 0.15) is 11.4 Å². The van der Waals surface area contributed by atoms with E-state index in [9.17, 15) is 9.59 Å². The molecule has 0 amide bonds. The standard InChI is InChI=1S/C12H12N2O3/c1-14-10(7-13-12(14)16)11(15)8-3-5-9(17-2)6-4-8/h3-7H,1-2H3,(H,13,16). The molecule has 0 aliphatic heterocycles. The van der Waals surface area contributed by atoms with Gasteiger partial charge in [-0.25, -0.2) is 4.79 Å². The lowest BCUT2D eigenvalue weighted by Gasteiger charge is -2.03. The molecule has 5 heteroatoms. The van der Waals surface area contributed by atoms with Crippen molar-refractivity contribution >= 4 is 5.78 Å². The van der Waals surface area contributed by atoms with E-state index in [1.54, 1.807) is 38.4 Å². The maximum Gasteiger partial charge on any atom is 0.325 e. The molecule has 0 aliphatic carbocycles. The van der Waals surface area contributed by atoms with Crippen LogP contribution in [0.25, 0.3) is 0 Å². The first-order valence-corrected chi connectivity index (χ1v) is 5.06. The van der Waals surface area contributed by atoms with E-state index in [2.05, 4.69) is 4.98 Å². The van der Waals surface area contributed by atoms with Crippen LogP contribution in [0, 0.1) is 0 Å². The summed E-state index contributed by atoms with van der Waals surface area (Å²) in [5, 5.41) is 0. The van der Waals surface area contributed by atoms with Crippen LogP contribution in [0.2, 0.25) is 0 Å². The van der Waals surface area contributed by atoms with Gasteiger partial charge in [-0.3, -0.25) is 9.36 Å². The maximum atomic E-state index is 12.1. The van der Waals surface area contributed by atoms with Gasteiger partial charge in [0.2, 0.25) is 5.78 Å². The molecular formula is C12H12N2O3. The van der Waals surface area contributed by atoms with E-state index >= 15 is 0 Å². The Morgan fingerprint density at radius 1 is 1.29 bits per heavy atom. The highest BCUT2D eigenvalue weighted by Crippen LogP contribution is 2.13. The summed E-state index contributed by atoms with van der Waals surface area (Å²) in [5.74, 6) is 0.484. The summed E-state index contributed by atoms with van der Waals surface area (Å²) < 4.78 is 6.29. The van der Waals surface area contributed by atoms with Gasteiger partial charge in [-0.15, -0.1) is 0 Å². The van der Waals surface area contributed by atoms with E-state index in [0.717, 1.165) is 0 Å². The van der Waals surface area contributed by atoms with Crippen LogP contribution in [-0.4, -0.2) is 22.4 Å². The van der Waals surface area contributed by atoms with Gasteiger partial charge in [-0.2, -0.15) is 0 Å². The van der Waals surface area contributed by atoms with Crippen molar-refractivity contribution in [2.45, 2.75) is 0 Å². The van der Waals surface area contributed by atoms with Gasteiger partial charge in [0.25, 0.3) is 0 Å². The molecular weight excluding hydrogens is 220 g/mol. The number of nitrogens with one attached hydrogen (secondary N) is 1. The lowest BCUT2D eigenvalue weighted by molar-refractivity contribution is 0.103. The second-order valence-electron chi connectivity index (χ2n) is 3.60. The molecule has 2 aromatic rings. The van der Waals surface area contributed by atoms with Gasteiger partial charge >= 0.3 is 5.69 Å². The number of H-pyrrole nitrogens is 1. The molecule has 17 heavy (non-hydrogen) atoms. The maximum absolute atomic E-state index is 12.1. The highest BCUT2D eigenvalue weighted by atomic mass is 16.5. The molecule has 0 radical (unpaired) electrons. The van der Waals surface area contributed by atoms with Crippen LogP contribution in [0.5, 0.6) is 5.75 Å². The first-order valence-electron chi connectivity index (χ1n) is 5.06. The Hall–Kier alpha value is -2.30. The second-order valence-corrected chi connectivity index (χ2v) is 3.60. The van der Waals surface area contributed by atoms with Crippen molar-refractivity contribution in [1.29, 1.82) is 0 Å². The summed E-state index contributed by atoms with van der Waals surface area (Å²) in [5.41, 5.74) is 0.544. The molecule has 0 atom stereocenters. The van der Waals surface area contributed by atoms with Crippen LogP contribution in [0.4, 0.5) is 0 Å². The topological polar surface area (TPSA) is 64.1 Å². The van der Waals surface area contributed by atoms with E-state index in [1.165, 1.54) is 10.8 Å². The molecule has 0 spiro atoms. The number of nitrogens with zero attached hydrogens (tertiary/aromatic N) is 1. The summed E-state index contributed by atoms with van der Waals surface area (Å²) in [4.78, 5) is 25.7. The third-order valence-corrected chi connectivity index (χ3v) is 2.58. The molecule has 0 bridgehead atoms. The Morgan fingerprint density at radius 2 is 1.94 bits per heavy atom. The highest BCUT2D eigenvalue weighted by molar-refractivity contribution is 6.07. The number of ketones is 1. The van der Waals surface area contributed by atoms with Crippen molar-refractivity contribution in [1.82, 2.24) is 9.55 Å². The largest absolute Gasteiger partial charge is 0.497 e. The van der Waals surface area contributed by atoms with Crippen LogP contribution in [-0.2, 0) is 7.05 Å². The first kappa shape index (κ1) is 11.2. The number of aromatic amines is 1. The van der Waals surface area contributed by atoms with Crippen LogP contribution >= 0.6 is 0 Å². The number of benzene rings is 1. The SMILES string of the molecule is COc1ccc(C(=O)c2c[nH]c(=O)n2C)cc1. The highest BCUT2D eigenvalue weighted by Gasteiger charge is 2.13. The number of hydrogen-bond donors (Lipinski definition) is 1. The summed E-state index contributed by atoms with van der Waals surface area (Å²) in [6, 6.07) is 6.74. The van der Waals surface area contributed by atoms with Crippen molar-refractivity contribution < 1.29 is 9.53 Å². The van der Waals surface area contributed by atoms with Gasteiger partial charge < -0.3 is 9.72 Å². The molecule has 0 saturated heterocycles. The Kier molecular flexibility index (Phi) is 2.82. The quantitative estimate of drug-likeness (QED) is 0.801. The Balaban J connectivity index is 2.37. The van der Waals surface area contributed by atoms with Crippen LogP contribution < -0.4 is 10.4 Å². The molecule has 0 aliphatic rings. The fourth-order valence-electron chi connectivity index (χ4n) is 1.54. The number of carbonyl (C=O) groups is 1. The summed E-state index contributed by atoms with van der Waals surface area (Å²) in [6.45, 7) is 0. The predicted molar refractivity (Wildman–Crippen MR) is 62.5 cm³/mol. The zero-order chi connectivity index (χ0) is 12.4. The van der Waals surface area contributed by atoms with Gasteiger partial charge in [-0.05, 0) is 24.3 Å². The van der Waals surface area contributed by atoms with Crippen molar-refractivity contribution in [2.24, 2.45) is 7.05 Å². The van der Waals surface area contributed by atoms with Gasteiger partial charge in [0.05, 0.1) is 7.11 Å². The Bertz CT molecular complexity index is 593. The number of hydrogen-bond acceptors (Lipinski definition) is 3. The molecule has 0 fully saturated rings. The lowest BCUT2D eigenvalue weighted by Crippen LogP contribution is -2.17. The fraction of sp³-hybridized carbons (Fsp3) is 0.167. The van der Waals surface area contributed by atoms with Gasteiger partial charge in [-0.1, -0.05) is 0 Å². The summed E-state index contributed by atoms with van der Waals surface area (Å²) in [7, 11) is 3.11. The third-order valence-electron chi connectivity index (χ3n) is 2.58. The van der Waals surface area contributed by atoms with Crippen LogP contribution in [0.15, 0.2) is 35.3 Å². The van der Waals surface area contributed by atoms with Gasteiger partial charge in [0.15, 0.2) is 0 Å². The third kappa shape index (κ3) is 1.99. The predicted octanol–water partition coefficient (Wildman–Crippen LogP) is 0.953. The molecule has 0 unspecified atom stereocenters. The zero-order valence-corrected chi connectivity index (χ0v) is 9.56. The number of methoxy groups -OCH3 is 1. The minimum atomic E-state index is -0.304. The van der Waals surface area contributed by atoms with Crippen molar-refractivity contribution in [3.63, 3.8) is 0 Å². The minimum Gasteiger partial charge on any atom is -0.497 e. The van der Waals surface area contributed by atoms with E-state index in [1.807, 2.05) is 0 Å². The molecule has 5 nitrogen and oxygen atoms in total. The van der Waals surface area contributed by atoms with Crippen LogP contribution in [0.3, 0.4) is 0 Å². The number of aromatic nitrogens is 2. The van der Waals surface area contributed by atoms with Crippen LogP contribution in [0.1, 0.15) is 16.1 Å². The number of carbonyl (C=O) groups excluding carboxylic acids is 1. The average Bonchev–Trinajstić information content (AvgIpc) is 2.69. The number of rotatable bonds is 3. The number of imidazole rings is 1. The van der Waals surface area contributed by atoms with E-state index in [4.69, 9.17) is 4.74 Å². The monoisotopic (exact) mass is 232 g/mol. The molecule has 1 aromatic heterocycles. The van der Waals surface area contributed by atoms with Crippen molar-refractivity contribution in [2.75, 3.05) is 7.11 Å². The molecule has 1 heterocycles. The second kappa shape index (κ2) is 4.29. The molecule has 1 aromatic carbocycles. The van der Waals surface area contributed by atoms with E-state index < -0.39 is 0 Å². The van der Waals surface area contributed by atoms with E-state index in [-0.39, 0.29) is 11.5 Å². The smallest absolute Gasteiger partial charge is 0.325 e. The van der Waals surface area contributed by atoms with E-state index in [0.29, 0.717) is 17.0 Å². The summed E-state index contributed by atoms with van der Waals surface area (Å²) in [6.07, 6.45) is 1.41. The zero-order valence-electron chi connectivity index (χ0n) is 9.56.